The van der Waals surface area contributed by atoms with Crippen molar-refractivity contribution in [1.29, 1.82) is 0 Å². The summed E-state index contributed by atoms with van der Waals surface area (Å²) in [5, 5.41) is 31.9. The van der Waals surface area contributed by atoms with Crippen molar-refractivity contribution in [2.45, 2.75) is 12.5 Å². The second kappa shape index (κ2) is 4.41. The van der Waals surface area contributed by atoms with Gasteiger partial charge in [0.2, 0.25) is 0 Å². The highest BCUT2D eigenvalue weighted by molar-refractivity contribution is 6.40. The third-order valence-electron chi connectivity index (χ3n) is 2.75. The van der Waals surface area contributed by atoms with Gasteiger partial charge in [-0.05, 0) is 5.56 Å². The molecule has 0 aliphatic carbocycles. The van der Waals surface area contributed by atoms with Crippen molar-refractivity contribution in [3.63, 3.8) is 0 Å². The van der Waals surface area contributed by atoms with Crippen molar-refractivity contribution in [2.75, 3.05) is 0 Å². The van der Waals surface area contributed by atoms with Crippen LogP contribution in [-0.2, 0) is 4.79 Å². The summed E-state index contributed by atoms with van der Waals surface area (Å²) < 4.78 is 0. The molecule has 1 unspecified atom stereocenters. The average molecular weight is 251 g/mol. The molecule has 18 heavy (non-hydrogen) atoms. The predicted molar refractivity (Wildman–Crippen MR) is 58.3 cm³/mol. The van der Waals surface area contributed by atoms with Gasteiger partial charge >= 0.3 is 0 Å². The first kappa shape index (κ1) is 12.0. The fourth-order valence-corrected chi connectivity index (χ4v) is 1.79. The molecule has 2 N–H and O–H groups in total. The van der Waals surface area contributed by atoms with E-state index in [0.29, 0.717) is 10.6 Å². The molecular formula is C10H9N3O5. The van der Waals surface area contributed by atoms with Gasteiger partial charge in [-0.2, -0.15) is 0 Å². The molecule has 94 valence electrons. The molecule has 1 aliphatic rings. The van der Waals surface area contributed by atoms with Gasteiger partial charge in [-0.25, -0.2) is 5.06 Å². The molecule has 1 aliphatic heterocycles. The van der Waals surface area contributed by atoms with Crippen LogP contribution in [0.25, 0.3) is 0 Å². The predicted octanol–water partition coefficient (Wildman–Crippen LogP) is 1.09. The molecule has 1 amide bonds. The van der Waals surface area contributed by atoms with Gasteiger partial charge in [-0.1, -0.05) is 17.3 Å². The number of nitro groups is 1. The third-order valence-corrected chi connectivity index (χ3v) is 2.75. The molecule has 8 heteroatoms. The lowest BCUT2D eigenvalue weighted by Crippen LogP contribution is -2.25. The van der Waals surface area contributed by atoms with Crippen molar-refractivity contribution in [3.8, 4) is 0 Å². The summed E-state index contributed by atoms with van der Waals surface area (Å²) in [6.07, 6.45) is 0.0453. The Labute approximate surface area is 101 Å². The summed E-state index contributed by atoms with van der Waals surface area (Å²) in [4.78, 5) is 21.3. The molecule has 1 atom stereocenters. The van der Waals surface area contributed by atoms with Gasteiger partial charge in [-0.15, -0.1) is 0 Å². The number of hydroxylamine groups is 2. The Morgan fingerprint density at radius 1 is 1.39 bits per heavy atom. The monoisotopic (exact) mass is 251 g/mol. The number of carbonyl (C=O) groups is 1. The number of hydrogen-bond donors (Lipinski definition) is 2. The average Bonchev–Trinajstić information content (AvgIpc) is 2.66. The summed E-state index contributed by atoms with van der Waals surface area (Å²) in [7, 11) is 0. The van der Waals surface area contributed by atoms with E-state index >= 15 is 0 Å². The zero-order valence-electron chi connectivity index (χ0n) is 9.05. The van der Waals surface area contributed by atoms with Gasteiger partial charge in [-0.3, -0.25) is 20.1 Å². The van der Waals surface area contributed by atoms with E-state index in [9.17, 15) is 20.1 Å². The van der Waals surface area contributed by atoms with Crippen molar-refractivity contribution >= 4 is 17.3 Å². The van der Waals surface area contributed by atoms with Crippen LogP contribution in [0.3, 0.4) is 0 Å². The summed E-state index contributed by atoms with van der Waals surface area (Å²) in [6, 6.07) is 4.76. The van der Waals surface area contributed by atoms with Crippen LogP contribution < -0.4 is 0 Å². The summed E-state index contributed by atoms with van der Waals surface area (Å²) in [6.45, 7) is 0. The Kier molecular flexibility index (Phi) is 2.94. The van der Waals surface area contributed by atoms with Crippen LogP contribution in [0.5, 0.6) is 0 Å². The number of benzene rings is 1. The zero-order chi connectivity index (χ0) is 13.3. The highest BCUT2D eigenvalue weighted by Crippen LogP contribution is 2.30. The number of hydrogen-bond acceptors (Lipinski definition) is 6. The first-order valence-electron chi connectivity index (χ1n) is 5.02. The lowest BCUT2D eigenvalue weighted by molar-refractivity contribution is -0.384. The standard InChI is InChI=1S/C10H9N3O5/c14-10-8(11-15)5-9(12(10)16)6-1-3-7(4-2-6)13(17)18/h1-4,9,15-16H,5H2. The van der Waals surface area contributed by atoms with Crippen molar-refractivity contribution in [1.82, 2.24) is 5.06 Å². The van der Waals surface area contributed by atoms with Crippen molar-refractivity contribution in [2.24, 2.45) is 5.16 Å². The molecular weight excluding hydrogens is 242 g/mol. The van der Waals surface area contributed by atoms with Crippen LogP contribution in [0, 0.1) is 10.1 Å². The summed E-state index contributed by atoms with van der Waals surface area (Å²) in [5.74, 6) is -0.777. The molecule has 8 nitrogen and oxygen atoms in total. The van der Waals surface area contributed by atoms with E-state index in [2.05, 4.69) is 5.16 Å². The van der Waals surface area contributed by atoms with Crippen LogP contribution in [0.2, 0.25) is 0 Å². The second-order valence-corrected chi connectivity index (χ2v) is 3.76. The van der Waals surface area contributed by atoms with E-state index in [0.717, 1.165) is 0 Å². The van der Waals surface area contributed by atoms with Crippen LogP contribution in [0.15, 0.2) is 29.4 Å². The lowest BCUT2D eigenvalue weighted by Gasteiger charge is -2.16. The lowest BCUT2D eigenvalue weighted by atomic mass is 10.0. The minimum atomic E-state index is -0.777. The van der Waals surface area contributed by atoms with Crippen LogP contribution in [0.4, 0.5) is 5.69 Å². The van der Waals surface area contributed by atoms with E-state index in [4.69, 9.17) is 5.21 Å². The quantitative estimate of drug-likeness (QED) is 0.353. The number of carbonyl (C=O) groups excluding carboxylic acids is 1. The molecule has 1 saturated heterocycles. The Morgan fingerprint density at radius 3 is 2.44 bits per heavy atom. The van der Waals surface area contributed by atoms with E-state index in [-0.39, 0.29) is 17.8 Å². The smallest absolute Gasteiger partial charge is 0.295 e. The van der Waals surface area contributed by atoms with Crippen LogP contribution in [0.1, 0.15) is 18.0 Å². The highest BCUT2D eigenvalue weighted by Gasteiger charge is 2.37. The molecule has 1 heterocycles. The summed E-state index contributed by atoms with van der Waals surface area (Å²) in [5.41, 5.74) is 0.291. The molecule has 0 bridgehead atoms. The molecule has 0 aromatic heterocycles. The van der Waals surface area contributed by atoms with Gasteiger partial charge in [0.15, 0.2) is 0 Å². The molecule has 1 fully saturated rings. The number of rotatable bonds is 2. The first-order valence-corrected chi connectivity index (χ1v) is 5.02. The first-order chi connectivity index (χ1) is 8.54. The van der Waals surface area contributed by atoms with Crippen molar-refractivity contribution < 1.29 is 20.1 Å². The van der Waals surface area contributed by atoms with Crippen LogP contribution in [-0.4, -0.2) is 32.0 Å². The molecule has 0 spiro atoms. The number of oxime groups is 1. The SMILES string of the molecule is O=C1C(=NO)CC(c2ccc([N+](=O)[O-])cc2)N1O. The van der Waals surface area contributed by atoms with Crippen LogP contribution >= 0.6 is 0 Å². The van der Waals surface area contributed by atoms with E-state index in [1.54, 1.807) is 0 Å². The number of non-ortho nitro benzene ring substituents is 1. The van der Waals surface area contributed by atoms with Gasteiger partial charge < -0.3 is 5.21 Å². The normalized spacial score (nSPS) is 21.6. The zero-order valence-corrected chi connectivity index (χ0v) is 9.05. The van der Waals surface area contributed by atoms with E-state index in [1.165, 1.54) is 24.3 Å². The molecule has 2 rings (SSSR count). The Morgan fingerprint density at radius 2 is 2.00 bits per heavy atom. The molecule has 1 aromatic rings. The number of amides is 1. The topological polar surface area (TPSA) is 116 Å². The second-order valence-electron chi connectivity index (χ2n) is 3.76. The minimum absolute atomic E-state index is 0.0453. The van der Waals surface area contributed by atoms with Gasteiger partial charge in [0.05, 0.1) is 11.0 Å². The number of nitro benzene ring substituents is 1. The minimum Gasteiger partial charge on any atom is -0.410 e. The van der Waals surface area contributed by atoms with E-state index in [1.807, 2.05) is 0 Å². The molecule has 0 radical (unpaired) electrons. The third kappa shape index (κ3) is 1.89. The summed E-state index contributed by atoms with van der Waals surface area (Å²) >= 11 is 0. The fraction of sp³-hybridized carbons (Fsp3) is 0.200. The number of nitrogens with zero attached hydrogens (tertiary/aromatic N) is 3. The van der Waals surface area contributed by atoms with Crippen molar-refractivity contribution in [3.05, 3.63) is 39.9 Å². The highest BCUT2D eigenvalue weighted by atomic mass is 16.6. The largest absolute Gasteiger partial charge is 0.410 e. The maximum absolute atomic E-state index is 11.4. The molecule has 0 saturated carbocycles. The van der Waals surface area contributed by atoms with Gasteiger partial charge in [0.1, 0.15) is 5.71 Å². The Balaban J connectivity index is 2.28. The van der Waals surface area contributed by atoms with Gasteiger partial charge in [0, 0.05) is 18.6 Å². The van der Waals surface area contributed by atoms with E-state index < -0.39 is 16.9 Å². The van der Waals surface area contributed by atoms with Gasteiger partial charge in [0.25, 0.3) is 11.6 Å². The maximum atomic E-state index is 11.4. The molecule has 1 aromatic carbocycles. The Hall–Kier alpha value is -2.48. The maximum Gasteiger partial charge on any atom is 0.295 e. The fourth-order valence-electron chi connectivity index (χ4n) is 1.79. The Bertz CT molecular complexity index is 525.